The Hall–Kier alpha value is -3.64. The molecular formula is C24H18N2O3S. The van der Waals surface area contributed by atoms with E-state index in [0.717, 1.165) is 21.3 Å². The monoisotopic (exact) mass is 414 g/mol. The molecule has 0 atom stereocenters. The van der Waals surface area contributed by atoms with Gasteiger partial charge in [-0.05, 0) is 23.3 Å². The van der Waals surface area contributed by atoms with Crippen LogP contribution in [-0.2, 0) is 6.54 Å². The number of amides is 1. The predicted molar refractivity (Wildman–Crippen MR) is 118 cm³/mol. The maximum Gasteiger partial charge on any atom is 0.279 e. The van der Waals surface area contributed by atoms with Crippen molar-refractivity contribution in [2.24, 2.45) is 4.99 Å². The number of carbonyl (C=O) groups is 1. The van der Waals surface area contributed by atoms with Crippen LogP contribution in [0.1, 0.15) is 10.4 Å². The van der Waals surface area contributed by atoms with Gasteiger partial charge in [0.05, 0.1) is 10.2 Å². The fraction of sp³-hybridized carbons (Fsp3) is 0.0833. The fourth-order valence-corrected chi connectivity index (χ4v) is 4.49. The van der Waals surface area contributed by atoms with Crippen molar-refractivity contribution in [1.29, 1.82) is 0 Å². The van der Waals surface area contributed by atoms with Crippen LogP contribution in [0.15, 0.2) is 84.4 Å². The normalized spacial score (nSPS) is 13.0. The van der Waals surface area contributed by atoms with Crippen LogP contribution < -0.4 is 14.3 Å². The van der Waals surface area contributed by atoms with E-state index in [1.807, 2.05) is 71.3 Å². The highest BCUT2D eigenvalue weighted by atomic mass is 32.1. The Kier molecular flexibility index (Phi) is 4.69. The SMILES string of the molecule is C=CCn1c(=NC(=O)c2ccc(-c3ccccc3)cc2)sc2cc3c(cc21)OCO3. The summed E-state index contributed by atoms with van der Waals surface area (Å²) >= 11 is 1.45. The molecule has 0 unspecified atom stereocenters. The number of carbonyl (C=O) groups excluding carboxylic acids is 1. The zero-order chi connectivity index (χ0) is 20.5. The molecule has 0 N–H and O–H groups in total. The van der Waals surface area contributed by atoms with Crippen molar-refractivity contribution in [2.45, 2.75) is 6.54 Å². The van der Waals surface area contributed by atoms with Gasteiger partial charge in [0, 0.05) is 24.2 Å². The van der Waals surface area contributed by atoms with E-state index in [0.29, 0.717) is 28.4 Å². The highest BCUT2D eigenvalue weighted by Gasteiger charge is 2.17. The van der Waals surface area contributed by atoms with Crippen molar-refractivity contribution in [1.82, 2.24) is 4.57 Å². The number of hydrogen-bond acceptors (Lipinski definition) is 4. The van der Waals surface area contributed by atoms with Crippen molar-refractivity contribution < 1.29 is 14.3 Å². The van der Waals surface area contributed by atoms with Gasteiger partial charge in [0.1, 0.15) is 0 Å². The molecule has 0 fully saturated rings. The second kappa shape index (κ2) is 7.65. The minimum absolute atomic E-state index is 0.225. The molecule has 1 aliphatic rings. The summed E-state index contributed by atoms with van der Waals surface area (Å²) in [5.41, 5.74) is 3.66. The highest BCUT2D eigenvalue weighted by molar-refractivity contribution is 7.16. The number of thiazole rings is 1. The van der Waals surface area contributed by atoms with E-state index < -0.39 is 0 Å². The fourth-order valence-electron chi connectivity index (χ4n) is 3.44. The van der Waals surface area contributed by atoms with Gasteiger partial charge in [0.2, 0.25) is 6.79 Å². The lowest BCUT2D eigenvalue weighted by atomic mass is 10.0. The number of hydrogen-bond donors (Lipinski definition) is 0. The number of allylic oxidation sites excluding steroid dienone is 1. The number of nitrogens with zero attached hydrogens (tertiary/aromatic N) is 2. The van der Waals surface area contributed by atoms with Gasteiger partial charge >= 0.3 is 0 Å². The average molecular weight is 414 g/mol. The molecule has 1 amide bonds. The molecule has 0 bridgehead atoms. The number of fused-ring (bicyclic) bond motifs is 2. The van der Waals surface area contributed by atoms with Crippen LogP contribution in [0.4, 0.5) is 0 Å². The van der Waals surface area contributed by atoms with Crippen LogP contribution in [-0.4, -0.2) is 17.3 Å². The standard InChI is InChI=1S/C24H18N2O3S/c1-2-12-26-19-13-20-21(29-15-28-20)14-22(19)30-24(26)25-23(27)18-10-8-17(9-11-18)16-6-4-3-5-7-16/h2-11,13-14H,1,12,15H2. The van der Waals surface area contributed by atoms with E-state index in [-0.39, 0.29) is 12.7 Å². The third kappa shape index (κ3) is 3.31. The average Bonchev–Trinajstić information content (AvgIpc) is 3.37. The molecule has 3 aromatic carbocycles. The summed E-state index contributed by atoms with van der Waals surface area (Å²) in [5, 5.41) is 0. The van der Waals surface area contributed by atoms with Crippen LogP contribution in [0, 0.1) is 0 Å². The molecule has 0 saturated carbocycles. The summed E-state index contributed by atoms with van der Waals surface area (Å²) in [6.07, 6.45) is 1.79. The number of aromatic nitrogens is 1. The minimum atomic E-state index is -0.279. The largest absolute Gasteiger partial charge is 0.454 e. The highest BCUT2D eigenvalue weighted by Crippen LogP contribution is 2.37. The molecule has 5 nitrogen and oxygen atoms in total. The van der Waals surface area contributed by atoms with Gasteiger partial charge in [-0.1, -0.05) is 59.9 Å². The first kappa shape index (κ1) is 18.4. The van der Waals surface area contributed by atoms with Gasteiger partial charge in [0.25, 0.3) is 5.91 Å². The second-order valence-corrected chi connectivity index (χ2v) is 7.83. The molecule has 0 radical (unpaired) electrons. The molecular weight excluding hydrogens is 396 g/mol. The van der Waals surface area contributed by atoms with Crippen LogP contribution in [0.2, 0.25) is 0 Å². The first-order valence-electron chi connectivity index (χ1n) is 9.51. The van der Waals surface area contributed by atoms with Gasteiger partial charge in [-0.25, -0.2) is 0 Å². The Labute approximate surface area is 177 Å². The van der Waals surface area contributed by atoms with Gasteiger partial charge in [-0.2, -0.15) is 4.99 Å². The van der Waals surface area contributed by atoms with Gasteiger partial charge in [-0.3, -0.25) is 4.79 Å². The maximum absolute atomic E-state index is 12.8. The molecule has 30 heavy (non-hydrogen) atoms. The van der Waals surface area contributed by atoms with Crippen molar-refractivity contribution in [3.63, 3.8) is 0 Å². The van der Waals surface area contributed by atoms with E-state index in [9.17, 15) is 4.79 Å². The summed E-state index contributed by atoms with van der Waals surface area (Å²) in [6.45, 7) is 4.60. The van der Waals surface area contributed by atoms with Crippen LogP contribution >= 0.6 is 11.3 Å². The summed E-state index contributed by atoms with van der Waals surface area (Å²) < 4.78 is 13.9. The van der Waals surface area contributed by atoms with Crippen molar-refractivity contribution in [3.8, 4) is 22.6 Å². The van der Waals surface area contributed by atoms with Crippen LogP contribution in [0.25, 0.3) is 21.3 Å². The zero-order valence-electron chi connectivity index (χ0n) is 16.1. The molecule has 0 saturated heterocycles. The number of benzene rings is 3. The lowest BCUT2D eigenvalue weighted by Crippen LogP contribution is -2.16. The molecule has 0 spiro atoms. The minimum Gasteiger partial charge on any atom is -0.454 e. The molecule has 5 rings (SSSR count). The van der Waals surface area contributed by atoms with Crippen LogP contribution in [0.3, 0.4) is 0 Å². The Bertz CT molecular complexity index is 1320. The third-order valence-electron chi connectivity index (χ3n) is 4.92. The van der Waals surface area contributed by atoms with E-state index in [2.05, 4.69) is 11.6 Å². The van der Waals surface area contributed by atoms with Gasteiger partial charge in [0.15, 0.2) is 16.3 Å². The van der Waals surface area contributed by atoms with E-state index in [1.165, 1.54) is 11.3 Å². The molecule has 1 aromatic heterocycles. The van der Waals surface area contributed by atoms with Crippen molar-refractivity contribution in [3.05, 3.63) is 89.7 Å². The summed E-state index contributed by atoms with van der Waals surface area (Å²) in [7, 11) is 0. The molecule has 2 heterocycles. The topological polar surface area (TPSA) is 52.8 Å². The Balaban J connectivity index is 1.53. The molecule has 6 heteroatoms. The summed E-state index contributed by atoms with van der Waals surface area (Å²) in [6, 6.07) is 21.4. The third-order valence-corrected chi connectivity index (χ3v) is 5.97. The Morgan fingerprint density at radius 3 is 2.47 bits per heavy atom. The summed E-state index contributed by atoms with van der Waals surface area (Å²) in [5.74, 6) is 1.13. The zero-order valence-corrected chi connectivity index (χ0v) is 16.9. The van der Waals surface area contributed by atoms with Crippen molar-refractivity contribution in [2.75, 3.05) is 6.79 Å². The predicted octanol–water partition coefficient (Wildman–Crippen LogP) is 5.03. The quantitative estimate of drug-likeness (QED) is 0.440. The Morgan fingerprint density at radius 2 is 1.73 bits per heavy atom. The first-order chi connectivity index (χ1) is 14.7. The lowest BCUT2D eigenvalue weighted by molar-refractivity contribution is 0.0998. The molecule has 0 aliphatic carbocycles. The molecule has 1 aliphatic heterocycles. The molecule has 148 valence electrons. The molecule has 4 aromatic rings. The Morgan fingerprint density at radius 1 is 1.03 bits per heavy atom. The first-order valence-corrected chi connectivity index (χ1v) is 10.3. The smallest absolute Gasteiger partial charge is 0.279 e. The van der Waals surface area contributed by atoms with E-state index >= 15 is 0 Å². The number of ether oxygens (including phenoxy) is 2. The van der Waals surface area contributed by atoms with Crippen molar-refractivity contribution >= 4 is 27.5 Å². The van der Waals surface area contributed by atoms with Crippen LogP contribution in [0.5, 0.6) is 11.5 Å². The van der Waals surface area contributed by atoms with E-state index in [1.54, 1.807) is 6.08 Å². The lowest BCUT2D eigenvalue weighted by Gasteiger charge is -2.03. The van der Waals surface area contributed by atoms with Gasteiger partial charge in [-0.15, -0.1) is 6.58 Å². The van der Waals surface area contributed by atoms with E-state index in [4.69, 9.17) is 9.47 Å². The van der Waals surface area contributed by atoms with Gasteiger partial charge < -0.3 is 14.0 Å². The number of rotatable bonds is 4. The maximum atomic E-state index is 12.8. The second-order valence-electron chi connectivity index (χ2n) is 6.82. The summed E-state index contributed by atoms with van der Waals surface area (Å²) in [4.78, 5) is 17.9.